The Balaban J connectivity index is 1.63. The Morgan fingerprint density at radius 3 is 2.90 bits per heavy atom. The Morgan fingerprint density at radius 1 is 1.33 bits per heavy atom. The fraction of sp³-hybridized carbons (Fsp3) is 0.385. The van der Waals surface area contributed by atoms with E-state index in [0.29, 0.717) is 0 Å². The summed E-state index contributed by atoms with van der Waals surface area (Å²) < 4.78 is 3.71. The van der Waals surface area contributed by atoms with E-state index in [9.17, 15) is 0 Å². The Kier molecular flexibility index (Phi) is 2.41. The van der Waals surface area contributed by atoms with Gasteiger partial charge in [0.2, 0.25) is 5.95 Å². The molecule has 0 aliphatic heterocycles. The highest BCUT2D eigenvalue weighted by Gasteiger charge is 2.45. The zero-order valence-electron chi connectivity index (χ0n) is 11.7. The van der Waals surface area contributed by atoms with Crippen LogP contribution in [-0.4, -0.2) is 36.1 Å². The lowest BCUT2D eigenvalue weighted by molar-refractivity contribution is 0.453. The quantitative estimate of drug-likeness (QED) is 0.733. The van der Waals surface area contributed by atoms with Crippen molar-refractivity contribution in [3.63, 3.8) is 0 Å². The van der Waals surface area contributed by atoms with Crippen LogP contribution in [-0.2, 0) is 12.6 Å². The van der Waals surface area contributed by atoms with Crippen LogP contribution in [0.5, 0.6) is 0 Å². The molecule has 3 aromatic heterocycles. The SMILES string of the molecule is Cn1ncc2c(NCC3(n4cccn4)CC3)nc(N)nc21. The monoisotopic (exact) mass is 284 g/mol. The molecule has 3 aromatic rings. The fourth-order valence-corrected chi connectivity index (χ4v) is 2.60. The molecule has 1 fully saturated rings. The molecule has 0 radical (unpaired) electrons. The van der Waals surface area contributed by atoms with Gasteiger partial charge in [-0.25, -0.2) is 0 Å². The molecule has 0 saturated heterocycles. The molecule has 1 aliphatic rings. The Bertz CT molecular complexity index is 784. The molecule has 8 heteroatoms. The van der Waals surface area contributed by atoms with Crippen LogP contribution in [0.2, 0.25) is 0 Å². The largest absolute Gasteiger partial charge is 0.368 e. The summed E-state index contributed by atoms with van der Waals surface area (Å²) in [6.07, 6.45) is 7.78. The van der Waals surface area contributed by atoms with Gasteiger partial charge in [-0.2, -0.15) is 20.2 Å². The van der Waals surface area contributed by atoms with Crippen molar-refractivity contribution in [3.05, 3.63) is 24.7 Å². The second kappa shape index (κ2) is 4.18. The number of anilines is 2. The van der Waals surface area contributed by atoms with Gasteiger partial charge in [0.1, 0.15) is 5.82 Å². The zero-order valence-corrected chi connectivity index (χ0v) is 11.7. The van der Waals surface area contributed by atoms with E-state index in [2.05, 4.69) is 25.5 Å². The van der Waals surface area contributed by atoms with Gasteiger partial charge in [0.15, 0.2) is 5.65 Å². The van der Waals surface area contributed by atoms with E-state index < -0.39 is 0 Å². The molecular formula is C13H16N8. The van der Waals surface area contributed by atoms with E-state index in [-0.39, 0.29) is 11.5 Å². The van der Waals surface area contributed by atoms with Gasteiger partial charge >= 0.3 is 0 Å². The van der Waals surface area contributed by atoms with E-state index in [0.717, 1.165) is 36.2 Å². The number of fused-ring (bicyclic) bond motifs is 1. The molecule has 4 rings (SSSR count). The van der Waals surface area contributed by atoms with Crippen molar-refractivity contribution < 1.29 is 0 Å². The van der Waals surface area contributed by atoms with E-state index in [1.54, 1.807) is 10.9 Å². The lowest BCUT2D eigenvalue weighted by atomic mass is 10.2. The number of rotatable bonds is 4. The van der Waals surface area contributed by atoms with Gasteiger partial charge in [0.25, 0.3) is 0 Å². The van der Waals surface area contributed by atoms with Gasteiger partial charge in [-0.3, -0.25) is 9.36 Å². The summed E-state index contributed by atoms with van der Waals surface area (Å²) in [7, 11) is 1.84. The number of aryl methyl sites for hydroxylation is 1. The molecule has 1 aliphatic carbocycles. The highest BCUT2D eigenvalue weighted by Crippen LogP contribution is 2.43. The molecule has 3 N–H and O–H groups in total. The number of nitrogens with one attached hydrogen (secondary N) is 1. The van der Waals surface area contributed by atoms with Crippen LogP contribution in [0.15, 0.2) is 24.7 Å². The molecule has 21 heavy (non-hydrogen) atoms. The van der Waals surface area contributed by atoms with Crippen LogP contribution in [0.3, 0.4) is 0 Å². The Morgan fingerprint density at radius 2 is 2.19 bits per heavy atom. The maximum absolute atomic E-state index is 5.78. The smallest absolute Gasteiger partial charge is 0.224 e. The van der Waals surface area contributed by atoms with E-state index in [1.165, 1.54) is 0 Å². The lowest BCUT2D eigenvalue weighted by Crippen LogP contribution is -2.27. The molecule has 8 nitrogen and oxygen atoms in total. The van der Waals surface area contributed by atoms with Crippen LogP contribution < -0.4 is 11.1 Å². The molecular weight excluding hydrogens is 268 g/mol. The minimum atomic E-state index is 0.0533. The predicted octanol–water partition coefficient (Wildman–Crippen LogP) is 0.743. The summed E-state index contributed by atoms with van der Waals surface area (Å²) in [4.78, 5) is 8.51. The first-order valence-electron chi connectivity index (χ1n) is 6.87. The Labute approximate surface area is 121 Å². The molecule has 0 bridgehead atoms. The molecule has 0 amide bonds. The summed E-state index contributed by atoms with van der Waals surface area (Å²) >= 11 is 0. The van der Waals surface area contributed by atoms with E-state index in [4.69, 9.17) is 5.73 Å². The van der Waals surface area contributed by atoms with Crippen molar-refractivity contribution in [2.24, 2.45) is 7.05 Å². The van der Waals surface area contributed by atoms with Gasteiger partial charge in [0.05, 0.1) is 17.1 Å². The van der Waals surface area contributed by atoms with Gasteiger partial charge in [-0.05, 0) is 18.9 Å². The predicted molar refractivity (Wildman–Crippen MR) is 78.6 cm³/mol. The fourth-order valence-electron chi connectivity index (χ4n) is 2.60. The molecule has 0 atom stereocenters. The first-order valence-corrected chi connectivity index (χ1v) is 6.87. The summed E-state index contributed by atoms with van der Waals surface area (Å²) in [6.45, 7) is 0.759. The first-order chi connectivity index (χ1) is 10.2. The number of nitrogens with zero attached hydrogens (tertiary/aromatic N) is 6. The first kappa shape index (κ1) is 12.1. The third-order valence-electron chi connectivity index (χ3n) is 4.01. The summed E-state index contributed by atoms with van der Waals surface area (Å²) in [6, 6.07) is 1.95. The number of nitrogens with two attached hydrogens (primary N) is 1. The minimum absolute atomic E-state index is 0.0533. The lowest BCUT2D eigenvalue weighted by Gasteiger charge is -2.17. The average Bonchev–Trinajstić information content (AvgIpc) is 2.89. The number of hydrogen-bond acceptors (Lipinski definition) is 6. The summed E-state index contributed by atoms with van der Waals surface area (Å²) in [5.41, 5.74) is 6.57. The highest BCUT2D eigenvalue weighted by atomic mass is 15.3. The second-order valence-corrected chi connectivity index (χ2v) is 5.46. The van der Waals surface area contributed by atoms with Crippen molar-refractivity contribution in [1.29, 1.82) is 0 Å². The van der Waals surface area contributed by atoms with Crippen LogP contribution in [0.4, 0.5) is 11.8 Å². The average molecular weight is 284 g/mol. The topological polar surface area (TPSA) is 99.5 Å². The molecule has 1 saturated carbocycles. The third kappa shape index (κ3) is 1.91. The van der Waals surface area contributed by atoms with Crippen molar-refractivity contribution >= 4 is 22.8 Å². The molecule has 0 spiro atoms. The zero-order chi connectivity index (χ0) is 14.4. The van der Waals surface area contributed by atoms with Crippen LogP contribution in [0.25, 0.3) is 11.0 Å². The van der Waals surface area contributed by atoms with Crippen molar-refractivity contribution in [3.8, 4) is 0 Å². The molecule has 3 heterocycles. The number of nitrogen functional groups attached to an aromatic ring is 1. The summed E-state index contributed by atoms with van der Waals surface area (Å²) in [5.74, 6) is 0.974. The number of aromatic nitrogens is 6. The van der Waals surface area contributed by atoms with Gasteiger partial charge in [-0.1, -0.05) is 0 Å². The second-order valence-electron chi connectivity index (χ2n) is 5.46. The number of hydrogen-bond donors (Lipinski definition) is 2. The maximum Gasteiger partial charge on any atom is 0.224 e. The molecule has 0 unspecified atom stereocenters. The van der Waals surface area contributed by atoms with Gasteiger partial charge in [-0.15, -0.1) is 0 Å². The maximum atomic E-state index is 5.78. The van der Waals surface area contributed by atoms with Gasteiger partial charge < -0.3 is 11.1 Å². The van der Waals surface area contributed by atoms with E-state index in [1.807, 2.05) is 30.2 Å². The van der Waals surface area contributed by atoms with Crippen molar-refractivity contribution in [2.45, 2.75) is 18.4 Å². The third-order valence-corrected chi connectivity index (χ3v) is 4.01. The molecule has 0 aromatic carbocycles. The normalized spacial score (nSPS) is 16.2. The van der Waals surface area contributed by atoms with Gasteiger partial charge in [0, 0.05) is 26.0 Å². The minimum Gasteiger partial charge on any atom is -0.368 e. The van der Waals surface area contributed by atoms with E-state index >= 15 is 0 Å². The highest BCUT2D eigenvalue weighted by molar-refractivity contribution is 5.87. The van der Waals surface area contributed by atoms with Crippen molar-refractivity contribution in [2.75, 3.05) is 17.6 Å². The van der Waals surface area contributed by atoms with Crippen LogP contribution >= 0.6 is 0 Å². The summed E-state index contributed by atoms with van der Waals surface area (Å²) in [5, 5.41) is 12.8. The molecule has 108 valence electrons. The van der Waals surface area contributed by atoms with Crippen molar-refractivity contribution in [1.82, 2.24) is 29.5 Å². The Hall–Kier alpha value is -2.64. The van der Waals surface area contributed by atoms with Crippen LogP contribution in [0.1, 0.15) is 12.8 Å². The van der Waals surface area contributed by atoms with Crippen LogP contribution in [0, 0.1) is 0 Å². The standard InChI is InChI=1S/C13H16N8/c1-20-11-9(7-17-20)10(18-12(14)19-11)15-8-13(3-4-13)21-6-2-5-16-21/h2,5-7H,3-4,8H2,1H3,(H3,14,15,18,19).